The fourth-order valence-electron chi connectivity index (χ4n) is 0. The molecule has 0 aromatic carbocycles. The number of hydrogen-bond donors (Lipinski definition) is 0. The Hall–Kier alpha value is 11.4. The second-order valence-electron chi connectivity index (χ2n) is 0. The van der Waals surface area contributed by atoms with Crippen LogP contribution < -0.4 is 177 Å². The van der Waals surface area contributed by atoms with Gasteiger partial charge in [0.05, 0.1) is 0 Å². The van der Waals surface area contributed by atoms with Crippen LogP contribution in [0.1, 0.15) is 0 Å². The van der Waals surface area contributed by atoms with Gasteiger partial charge in [0.25, 0.3) is 0 Å². The summed E-state index contributed by atoms with van der Waals surface area (Å²) in [4.78, 5) is 0. The van der Waals surface area contributed by atoms with Crippen LogP contribution in [0.3, 0.4) is 0 Å². The molecule has 0 amide bonds. The predicted molar refractivity (Wildman–Crippen MR) is 22.0 cm³/mol. The molecule has 0 saturated carbocycles. The van der Waals surface area contributed by atoms with E-state index in [1.165, 1.54) is 0 Å². The predicted octanol–water partition coefficient (Wildman–Crippen LogP) is -21.8. The molecule has 0 aromatic heterocycles. The van der Waals surface area contributed by atoms with Crippen molar-refractivity contribution in [3.63, 3.8) is 0 Å². The van der Waals surface area contributed by atoms with E-state index in [9.17, 15) is 0 Å². The molecule has 32 nitrogen and oxygen atoms in total. The summed E-state index contributed by atoms with van der Waals surface area (Å²) in [5.41, 5.74) is 0. The monoisotopic (exact) mass is 1590 g/mol. The van der Waals surface area contributed by atoms with E-state index in [1.807, 2.05) is 0 Å². The van der Waals surface area contributed by atoms with Crippen molar-refractivity contribution in [3.05, 3.63) is 0 Å². The summed E-state index contributed by atoms with van der Waals surface area (Å²) >= 11 is 0. The minimum atomic E-state index is 0. The minimum absolute atomic E-state index is 0. The summed E-state index contributed by atoms with van der Waals surface area (Å²) in [7, 11) is 0. The molecule has 318 valence electrons. The van der Waals surface area contributed by atoms with Crippen molar-refractivity contribution in [3.8, 4) is 0 Å². The average molecular weight is 1570 g/mol. The number of rotatable bonds is 0. The minimum Gasteiger partial charge on any atom is -2.00 e. The van der Waals surface area contributed by atoms with Gasteiger partial charge in [-0.05, 0) is 0 Å². The van der Waals surface area contributed by atoms with Gasteiger partial charge in [-0.2, -0.15) is 0 Å². The van der Waals surface area contributed by atoms with Gasteiger partial charge in [-0.1, -0.05) is 0 Å². The fraction of sp³-hybridized carbons (Fsp3) is 0. The van der Waals surface area contributed by atoms with E-state index in [0.717, 1.165) is 0 Å². The zero-order chi connectivity index (χ0) is 0. The van der Waals surface area contributed by atoms with Gasteiger partial charge in [0.15, 0.2) is 0 Å². The molecule has 0 aromatic rings. The summed E-state index contributed by atoms with van der Waals surface area (Å²) in [5.74, 6) is 0. The van der Waals surface area contributed by atoms with Crippen LogP contribution in [0.4, 0.5) is 0 Å². The van der Waals surface area contributed by atoms with E-state index >= 15 is 0 Å². The van der Waals surface area contributed by atoms with Crippen molar-refractivity contribution in [2.24, 2.45) is 0 Å². The Bertz CT molecular complexity index is 64.0. The Morgan fingerprint density at radius 3 is 0.0833 bits per heavy atom. The van der Waals surface area contributed by atoms with Crippen LogP contribution in [0.2, 0.25) is 0 Å². The fourth-order valence-corrected chi connectivity index (χ4v) is 0. The van der Waals surface area contributed by atoms with E-state index in [-0.39, 0.29) is 559 Å². The molecule has 0 heterocycles. The van der Waals surface area contributed by atoms with Crippen molar-refractivity contribution in [2.75, 3.05) is 0 Å². The van der Waals surface area contributed by atoms with Crippen LogP contribution >= 0.6 is 0 Å². The van der Waals surface area contributed by atoms with E-state index in [2.05, 4.69) is 0 Å². The zero-order valence-electron chi connectivity index (χ0n) is 23.1. The molecule has 48 heavy (non-hydrogen) atoms. The summed E-state index contributed by atoms with van der Waals surface area (Å²) in [5, 5.41) is 0. The Morgan fingerprint density at radius 2 is 0.0833 bits per heavy atom. The van der Waals surface area contributed by atoms with Crippen molar-refractivity contribution in [1.82, 2.24) is 0 Å². The maximum absolute atomic E-state index is 0. The van der Waals surface area contributed by atoms with Gasteiger partial charge in [-0.25, -0.2) is 0 Å². The third-order valence-corrected chi connectivity index (χ3v) is 0. The molecule has 0 rings (SSSR count). The largest absolute Gasteiger partial charge is 2.00 e. The molecular weight excluding hydrogens is 1570 g/mol. The van der Waals surface area contributed by atoms with E-state index in [4.69, 9.17) is 0 Å². The third-order valence-electron chi connectivity index (χ3n) is 0. The van der Waals surface area contributed by atoms with Crippen LogP contribution in [0.5, 0.6) is 0 Å². The molecule has 0 spiro atoms. The maximum atomic E-state index is 0. The Balaban J connectivity index is 0. The first-order valence-corrected chi connectivity index (χ1v) is 0. The molecule has 0 unspecified atom stereocenters. The summed E-state index contributed by atoms with van der Waals surface area (Å²) in [6.45, 7) is 0. The normalized spacial score (nSPS) is 0. The van der Waals surface area contributed by atoms with Gasteiger partial charge >= 0.3 is 194 Å². The first-order chi connectivity index (χ1) is 0. The molecule has 0 radical (unpaired) electrons. The topological polar surface area (TPSA) is 912 Å². The quantitative estimate of drug-likeness (QED) is 0.204. The van der Waals surface area contributed by atoms with E-state index < -0.39 is 0 Å². The standard InChI is InChI=1S/9Mo.6Na.Ni.32O/q;;;;;;;;;6*+1;+2;32*-2. The van der Waals surface area contributed by atoms with E-state index in [1.54, 1.807) is 0 Å². The first-order valence-electron chi connectivity index (χ1n) is 0. The molecule has 0 aliphatic carbocycles. The molecule has 48 heteroatoms. The smallest absolute Gasteiger partial charge is 2.00 e. The van der Waals surface area contributed by atoms with Crippen LogP contribution in [-0.4, -0.2) is 0 Å². The maximum Gasteiger partial charge on any atom is 2.00 e. The van der Waals surface area contributed by atoms with Gasteiger partial charge in [-0.15, -0.1) is 0 Å². The zero-order valence-corrected chi connectivity index (χ0v) is 54.1. The molecular formula is Mo9Na6NiO32-56. The van der Waals surface area contributed by atoms with Crippen molar-refractivity contribution in [2.45, 2.75) is 0 Å². The first kappa shape index (κ1) is 1560. The second kappa shape index (κ2) is 1480. The summed E-state index contributed by atoms with van der Waals surface area (Å²) in [6, 6.07) is 0. The van der Waals surface area contributed by atoms with Gasteiger partial charge < -0.3 is 175 Å². The second-order valence-corrected chi connectivity index (χ2v) is 0. The third kappa shape index (κ3) is 1400. The number of hydrogen-bond acceptors (Lipinski definition) is 0. The molecule has 0 fully saturated rings. The Kier molecular flexibility index (Phi) is 48000. The van der Waals surface area contributed by atoms with Crippen LogP contribution in [0.25, 0.3) is 0 Å². The van der Waals surface area contributed by atoms with Crippen molar-refractivity contribution < 1.29 is 559 Å². The molecule has 0 aliphatic rings. The van der Waals surface area contributed by atoms with Gasteiger partial charge in [0.1, 0.15) is 0 Å². The van der Waals surface area contributed by atoms with E-state index in [0.29, 0.717) is 0 Å². The molecule has 0 saturated heterocycles. The molecule has 0 aliphatic heterocycles. The summed E-state index contributed by atoms with van der Waals surface area (Å²) < 4.78 is 0. The van der Waals surface area contributed by atoms with Crippen molar-refractivity contribution >= 4 is 0 Å². The van der Waals surface area contributed by atoms with Gasteiger partial charge in [-0.3, -0.25) is 0 Å². The molecule has 0 atom stereocenters. The molecule has 0 N–H and O–H groups in total. The Morgan fingerprint density at radius 1 is 0.0833 bits per heavy atom. The molecule has 0 bridgehead atoms. The summed E-state index contributed by atoms with van der Waals surface area (Å²) in [6.07, 6.45) is 0. The van der Waals surface area contributed by atoms with Gasteiger partial charge in [0, 0.05) is 190 Å². The SMILES string of the molecule is [Mo].[Mo].[Mo].[Mo].[Mo].[Mo].[Mo].[Mo].[Mo].[Na+].[Na+].[Na+].[Na+].[Na+].[Na+].[Ni+2].[O-2].[O-2].[O-2].[O-2].[O-2].[O-2].[O-2].[O-2].[O-2].[O-2].[O-2].[O-2].[O-2].[O-2].[O-2].[O-2].[O-2].[O-2].[O-2].[O-2].[O-2].[O-2].[O-2].[O-2].[O-2].[O-2].[O-2].[O-2].[O-2].[O-2].[O-2].[O-2]. The van der Waals surface area contributed by atoms with Crippen LogP contribution in [-0.2, 0) is 381 Å². The Labute approximate surface area is 547 Å². The average Bonchev–Trinajstić information content (AvgIpc) is 0. The van der Waals surface area contributed by atoms with Crippen LogP contribution in [0, 0.1) is 0 Å². The van der Waals surface area contributed by atoms with Crippen LogP contribution in [0.15, 0.2) is 0 Å². The van der Waals surface area contributed by atoms with Crippen molar-refractivity contribution in [1.29, 1.82) is 0 Å². The van der Waals surface area contributed by atoms with Gasteiger partial charge in [0.2, 0.25) is 0 Å².